The molecular formula is C15H27N3O2. The van der Waals surface area contributed by atoms with E-state index >= 15 is 0 Å². The molecule has 0 spiro atoms. The zero-order valence-electron chi connectivity index (χ0n) is 12.6. The third-order valence-electron chi connectivity index (χ3n) is 3.94. The van der Waals surface area contributed by atoms with E-state index in [1.165, 1.54) is 12.8 Å². The minimum Gasteiger partial charge on any atom is -0.389 e. The van der Waals surface area contributed by atoms with E-state index in [2.05, 4.69) is 17.3 Å². The van der Waals surface area contributed by atoms with E-state index in [1.807, 2.05) is 19.3 Å². The van der Waals surface area contributed by atoms with Crippen molar-refractivity contribution in [3.05, 3.63) is 18.0 Å². The molecule has 1 aromatic heterocycles. The molecule has 5 heteroatoms. The minimum atomic E-state index is -0.446. The van der Waals surface area contributed by atoms with Gasteiger partial charge in [0.15, 0.2) is 0 Å². The van der Waals surface area contributed by atoms with Gasteiger partial charge in [0.05, 0.1) is 24.5 Å². The van der Waals surface area contributed by atoms with E-state index in [1.54, 1.807) is 4.68 Å². The van der Waals surface area contributed by atoms with Gasteiger partial charge in [-0.3, -0.25) is 4.68 Å². The first kappa shape index (κ1) is 15.5. The lowest BCUT2D eigenvalue weighted by atomic mass is 9.89. The lowest BCUT2D eigenvalue weighted by Crippen LogP contribution is -2.32. The van der Waals surface area contributed by atoms with Crippen molar-refractivity contribution >= 4 is 0 Å². The maximum absolute atomic E-state index is 9.90. The second-order valence-corrected chi connectivity index (χ2v) is 5.98. The number of hydrogen-bond donors (Lipinski definition) is 2. The van der Waals surface area contributed by atoms with Gasteiger partial charge in [0, 0.05) is 26.3 Å². The van der Waals surface area contributed by atoms with Gasteiger partial charge in [-0.1, -0.05) is 6.92 Å². The molecule has 1 atom stereocenters. The van der Waals surface area contributed by atoms with E-state index in [0.717, 1.165) is 24.5 Å². The molecule has 20 heavy (non-hydrogen) atoms. The van der Waals surface area contributed by atoms with E-state index in [4.69, 9.17) is 4.74 Å². The highest BCUT2D eigenvalue weighted by atomic mass is 16.5. The maximum Gasteiger partial charge on any atom is 0.0897 e. The van der Waals surface area contributed by atoms with Crippen LogP contribution in [0.4, 0.5) is 0 Å². The second-order valence-electron chi connectivity index (χ2n) is 5.98. The lowest BCUT2D eigenvalue weighted by molar-refractivity contribution is -0.0278. The summed E-state index contributed by atoms with van der Waals surface area (Å²) >= 11 is 0. The van der Waals surface area contributed by atoms with Gasteiger partial charge in [0.1, 0.15) is 0 Å². The Morgan fingerprint density at radius 3 is 2.85 bits per heavy atom. The summed E-state index contributed by atoms with van der Waals surface area (Å²) in [6.45, 7) is 3.94. The molecule has 1 aliphatic carbocycles. The van der Waals surface area contributed by atoms with Crippen LogP contribution in [0.25, 0.3) is 0 Å². The first-order chi connectivity index (χ1) is 9.63. The van der Waals surface area contributed by atoms with E-state index in [-0.39, 0.29) is 0 Å². The Kier molecular flexibility index (Phi) is 6.01. The van der Waals surface area contributed by atoms with Crippen LogP contribution in [-0.2, 0) is 18.3 Å². The normalized spacial score (nSPS) is 24.8. The topological polar surface area (TPSA) is 59.3 Å². The molecule has 1 heterocycles. The van der Waals surface area contributed by atoms with E-state index in [0.29, 0.717) is 25.8 Å². The predicted molar refractivity (Wildman–Crippen MR) is 78.3 cm³/mol. The summed E-state index contributed by atoms with van der Waals surface area (Å²) < 4.78 is 7.57. The van der Waals surface area contributed by atoms with Crippen molar-refractivity contribution in [2.75, 3.05) is 13.2 Å². The summed E-state index contributed by atoms with van der Waals surface area (Å²) in [6, 6.07) is 1.97. The first-order valence-electron chi connectivity index (χ1n) is 7.62. The molecule has 2 rings (SSSR count). The predicted octanol–water partition coefficient (Wildman–Crippen LogP) is 1.47. The van der Waals surface area contributed by atoms with Crippen molar-refractivity contribution < 1.29 is 9.84 Å². The van der Waals surface area contributed by atoms with Crippen LogP contribution in [0.5, 0.6) is 0 Å². The Labute approximate surface area is 121 Å². The van der Waals surface area contributed by atoms with Crippen LogP contribution in [0.2, 0.25) is 0 Å². The highest BCUT2D eigenvalue weighted by Gasteiger charge is 2.19. The molecule has 0 bridgehead atoms. The number of aryl methyl sites for hydroxylation is 1. The molecule has 2 N–H and O–H groups in total. The van der Waals surface area contributed by atoms with Gasteiger partial charge in [0.25, 0.3) is 0 Å². The summed E-state index contributed by atoms with van der Waals surface area (Å²) in [4.78, 5) is 0. The number of rotatable bonds is 7. The quantitative estimate of drug-likeness (QED) is 0.794. The molecule has 0 saturated heterocycles. The molecule has 1 fully saturated rings. The van der Waals surface area contributed by atoms with Crippen molar-refractivity contribution in [2.45, 2.75) is 51.4 Å². The molecule has 1 aromatic rings. The van der Waals surface area contributed by atoms with Crippen molar-refractivity contribution in [2.24, 2.45) is 13.0 Å². The summed E-state index contributed by atoms with van der Waals surface area (Å²) in [5.41, 5.74) is 0.988. The third-order valence-corrected chi connectivity index (χ3v) is 3.94. The van der Waals surface area contributed by atoms with E-state index in [9.17, 15) is 5.11 Å². The molecule has 114 valence electrons. The number of nitrogens with zero attached hydrogens (tertiary/aromatic N) is 2. The van der Waals surface area contributed by atoms with Crippen LogP contribution in [0.15, 0.2) is 12.3 Å². The van der Waals surface area contributed by atoms with Gasteiger partial charge in [-0.2, -0.15) is 5.10 Å². The zero-order chi connectivity index (χ0) is 14.4. The van der Waals surface area contributed by atoms with Crippen LogP contribution >= 0.6 is 0 Å². The second kappa shape index (κ2) is 7.76. The molecule has 0 aromatic carbocycles. The molecule has 1 saturated carbocycles. The van der Waals surface area contributed by atoms with Gasteiger partial charge < -0.3 is 15.2 Å². The fraction of sp³-hybridized carbons (Fsp3) is 0.800. The number of nitrogens with one attached hydrogen (secondary N) is 1. The van der Waals surface area contributed by atoms with Crippen molar-refractivity contribution in [1.29, 1.82) is 0 Å². The van der Waals surface area contributed by atoms with Gasteiger partial charge in [-0.05, 0) is 37.7 Å². The van der Waals surface area contributed by atoms with Crippen molar-refractivity contribution in [3.8, 4) is 0 Å². The average Bonchev–Trinajstić information content (AvgIpc) is 2.84. The third kappa shape index (κ3) is 5.23. The molecule has 0 amide bonds. The fourth-order valence-electron chi connectivity index (χ4n) is 2.63. The Balaban J connectivity index is 1.55. The minimum absolute atomic E-state index is 0.344. The standard InChI is InChI=1S/C15H27N3O2/c1-12-3-5-15(6-4-12)20-11-14(19)10-16-9-13-7-8-18(2)17-13/h7-8,12,14-16,19H,3-6,9-11H2,1-2H3. The first-order valence-corrected chi connectivity index (χ1v) is 7.62. The smallest absolute Gasteiger partial charge is 0.0897 e. The largest absolute Gasteiger partial charge is 0.389 e. The summed E-state index contributed by atoms with van der Waals surface area (Å²) in [6.07, 6.45) is 6.58. The monoisotopic (exact) mass is 281 g/mol. The van der Waals surface area contributed by atoms with Crippen LogP contribution in [0.3, 0.4) is 0 Å². The molecular weight excluding hydrogens is 254 g/mol. The van der Waals surface area contributed by atoms with Gasteiger partial charge in [-0.15, -0.1) is 0 Å². The number of aliphatic hydroxyl groups is 1. The Morgan fingerprint density at radius 2 is 2.20 bits per heavy atom. The van der Waals surface area contributed by atoms with Gasteiger partial charge >= 0.3 is 0 Å². The Morgan fingerprint density at radius 1 is 1.45 bits per heavy atom. The summed E-state index contributed by atoms with van der Waals surface area (Å²) in [7, 11) is 1.90. The van der Waals surface area contributed by atoms with Gasteiger partial charge in [-0.25, -0.2) is 0 Å². The SMILES string of the molecule is CC1CCC(OCC(O)CNCc2ccn(C)n2)CC1. The van der Waals surface area contributed by atoms with Crippen LogP contribution in [0, 0.1) is 5.92 Å². The fourth-order valence-corrected chi connectivity index (χ4v) is 2.63. The van der Waals surface area contributed by atoms with Crippen LogP contribution < -0.4 is 5.32 Å². The molecule has 0 radical (unpaired) electrons. The highest BCUT2D eigenvalue weighted by Crippen LogP contribution is 2.25. The van der Waals surface area contributed by atoms with Crippen LogP contribution in [0.1, 0.15) is 38.3 Å². The maximum atomic E-state index is 9.90. The Hall–Kier alpha value is -0.910. The van der Waals surface area contributed by atoms with E-state index < -0.39 is 6.10 Å². The van der Waals surface area contributed by atoms with Crippen molar-refractivity contribution in [1.82, 2.24) is 15.1 Å². The van der Waals surface area contributed by atoms with Crippen LogP contribution in [-0.4, -0.2) is 40.2 Å². The number of aromatic nitrogens is 2. The lowest BCUT2D eigenvalue weighted by Gasteiger charge is -2.27. The zero-order valence-corrected chi connectivity index (χ0v) is 12.6. The van der Waals surface area contributed by atoms with Gasteiger partial charge in [0.2, 0.25) is 0 Å². The summed E-state index contributed by atoms with van der Waals surface area (Å²) in [5.74, 6) is 0.833. The molecule has 5 nitrogen and oxygen atoms in total. The summed E-state index contributed by atoms with van der Waals surface area (Å²) in [5, 5.41) is 17.4. The number of aliphatic hydroxyl groups excluding tert-OH is 1. The Bertz CT molecular complexity index is 386. The average molecular weight is 281 g/mol. The number of ether oxygens (including phenoxy) is 1. The number of hydrogen-bond acceptors (Lipinski definition) is 4. The molecule has 1 aliphatic rings. The molecule has 0 aliphatic heterocycles. The molecule has 1 unspecified atom stereocenters. The van der Waals surface area contributed by atoms with Crippen molar-refractivity contribution in [3.63, 3.8) is 0 Å². The highest BCUT2D eigenvalue weighted by molar-refractivity contribution is 4.97.